The molecule has 5 nitrogen and oxygen atoms in total. The standard InChI is InChI=1S/C17H22N2O3S/c1-2-10-21-13-4-3-8-19(9-7-13)16(20)12-5-6-14-15(11-12)22-17(23)18-14/h5-6,11,13H,2-4,7-10H2,1H3,(H,18,23)/t13-/m1/s1. The number of carbonyl (C=O) groups excluding carboxylic acids is 1. The lowest BCUT2D eigenvalue weighted by atomic mass is 10.1. The van der Waals surface area contributed by atoms with E-state index in [2.05, 4.69) is 11.9 Å². The van der Waals surface area contributed by atoms with Crippen LogP contribution in [0.25, 0.3) is 11.1 Å². The van der Waals surface area contributed by atoms with E-state index in [1.165, 1.54) is 0 Å². The summed E-state index contributed by atoms with van der Waals surface area (Å²) in [6.45, 7) is 4.43. The van der Waals surface area contributed by atoms with Crippen molar-refractivity contribution < 1.29 is 13.9 Å². The number of nitrogens with one attached hydrogen (secondary N) is 1. The highest BCUT2D eigenvalue weighted by Gasteiger charge is 2.22. The number of oxazole rings is 1. The zero-order chi connectivity index (χ0) is 16.2. The Morgan fingerprint density at radius 1 is 1.43 bits per heavy atom. The molecule has 2 aromatic rings. The van der Waals surface area contributed by atoms with Crippen LogP contribution in [0.15, 0.2) is 22.6 Å². The Balaban J connectivity index is 1.70. The van der Waals surface area contributed by atoms with Gasteiger partial charge in [0, 0.05) is 25.3 Å². The maximum Gasteiger partial charge on any atom is 0.266 e. The van der Waals surface area contributed by atoms with Crippen molar-refractivity contribution in [1.82, 2.24) is 9.88 Å². The van der Waals surface area contributed by atoms with Crippen LogP contribution in [-0.2, 0) is 4.74 Å². The fourth-order valence-electron chi connectivity index (χ4n) is 2.98. The molecule has 1 aromatic carbocycles. The van der Waals surface area contributed by atoms with Gasteiger partial charge in [-0.25, -0.2) is 0 Å². The molecular weight excluding hydrogens is 312 g/mol. The molecule has 0 saturated carbocycles. The van der Waals surface area contributed by atoms with Crippen molar-refractivity contribution in [2.24, 2.45) is 0 Å². The molecule has 1 fully saturated rings. The second-order valence-electron chi connectivity index (χ2n) is 5.94. The third kappa shape index (κ3) is 3.82. The number of carbonyl (C=O) groups is 1. The number of likely N-dealkylation sites (tertiary alicyclic amines) is 1. The van der Waals surface area contributed by atoms with Crippen molar-refractivity contribution in [3.05, 3.63) is 28.6 Å². The maximum atomic E-state index is 12.7. The zero-order valence-electron chi connectivity index (χ0n) is 13.3. The lowest BCUT2D eigenvalue weighted by molar-refractivity contribution is 0.0432. The molecule has 0 unspecified atom stereocenters. The van der Waals surface area contributed by atoms with Crippen molar-refractivity contribution >= 4 is 29.2 Å². The quantitative estimate of drug-likeness (QED) is 0.861. The number of fused-ring (bicyclic) bond motifs is 1. The van der Waals surface area contributed by atoms with Crippen LogP contribution in [0.3, 0.4) is 0 Å². The predicted octanol–water partition coefficient (Wildman–Crippen LogP) is 3.91. The smallest absolute Gasteiger partial charge is 0.266 e. The fourth-order valence-corrected chi connectivity index (χ4v) is 3.18. The number of ether oxygens (including phenoxy) is 1. The van der Waals surface area contributed by atoms with Gasteiger partial charge in [-0.2, -0.15) is 0 Å². The minimum absolute atomic E-state index is 0.0466. The topological polar surface area (TPSA) is 58.5 Å². The molecule has 1 amide bonds. The number of hydrogen-bond donors (Lipinski definition) is 1. The van der Waals surface area contributed by atoms with Crippen LogP contribution in [0.4, 0.5) is 0 Å². The normalized spacial score (nSPS) is 19.0. The van der Waals surface area contributed by atoms with Crippen molar-refractivity contribution in [2.45, 2.75) is 38.7 Å². The van der Waals surface area contributed by atoms with Crippen molar-refractivity contribution in [1.29, 1.82) is 0 Å². The Bertz CT molecular complexity index is 737. The van der Waals surface area contributed by atoms with E-state index in [-0.39, 0.29) is 12.0 Å². The molecule has 0 spiro atoms. The lowest BCUT2D eigenvalue weighted by Gasteiger charge is -2.20. The summed E-state index contributed by atoms with van der Waals surface area (Å²) in [5, 5.41) is 0. The van der Waals surface area contributed by atoms with Gasteiger partial charge in [0.2, 0.25) is 0 Å². The van der Waals surface area contributed by atoms with Gasteiger partial charge >= 0.3 is 0 Å². The molecular formula is C17H22N2O3S. The predicted molar refractivity (Wildman–Crippen MR) is 91.2 cm³/mol. The van der Waals surface area contributed by atoms with Crippen LogP contribution < -0.4 is 0 Å². The minimum Gasteiger partial charge on any atom is -0.429 e. The van der Waals surface area contributed by atoms with E-state index in [0.717, 1.165) is 50.9 Å². The number of amides is 1. The Labute approximate surface area is 140 Å². The second kappa shape index (κ2) is 7.27. The van der Waals surface area contributed by atoms with Gasteiger partial charge in [-0.3, -0.25) is 4.79 Å². The van der Waals surface area contributed by atoms with Gasteiger partial charge in [0.15, 0.2) is 5.58 Å². The first-order valence-electron chi connectivity index (χ1n) is 8.21. The number of aromatic nitrogens is 1. The summed E-state index contributed by atoms with van der Waals surface area (Å²) in [5.41, 5.74) is 2.08. The molecule has 124 valence electrons. The molecule has 1 atom stereocenters. The van der Waals surface area contributed by atoms with Gasteiger partial charge < -0.3 is 19.0 Å². The van der Waals surface area contributed by atoms with E-state index in [0.29, 0.717) is 16.0 Å². The first kappa shape index (κ1) is 16.2. The van der Waals surface area contributed by atoms with E-state index >= 15 is 0 Å². The zero-order valence-corrected chi connectivity index (χ0v) is 14.2. The van der Waals surface area contributed by atoms with E-state index in [1.807, 2.05) is 17.0 Å². The highest BCUT2D eigenvalue weighted by atomic mass is 32.1. The van der Waals surface area contributed by atoms with E-state index in [9.17, 15) is 4.79 Å². The van der Waals surface area contributed by atoms with Gasteiger partial charge in [-0.15, -0.1) is 0 Å². The SMILES string of the molecule is CCCO[C@@H]1CCCN(C(=O)c2ccc3[nH]c(=S)oc3c2)CC1. The monoisotopic (exact) mass is 334 g/mol. The van der Waals surface area contributed by atoms with Crippen LogP contribution in [0.5, 0.6) is 0 Å². The summed E-state index contributed by atoms with van der Waals surface area (Å²) in [6, 6.07) is 5.42. The Morgan fingerprint density at radius 2 is 2.30 bits per heavy atom. The van der Waals surface area contributed by atoms with Crippen LogP contribution in [0.2, 0.25) is 0 Å². The Kier molecular flexibility index (Phi) is 5.13. The van der Waals surface area contributed by atoms with Gasteiger partial charge in [0.25, 0.3) is 10.7 Å². The van der Waals surface area contributed by atoms with Crippen molar-refractivity contribution in [2.75, 3.05) is 19.7 Å². The highest BCUT2D eigenvalue weighted by Crippen LogP contribution is 2.20. The molecule has 1 aromatic heterocycles. The molecule has 2 heterocycles. The summed E-state index contributed by atoms with van der Waals surface area (Å²) in [7, 11) is 0. The fraction of sp³-hybridized carbons (Fsp3) is 0.529. The number of nitrogens with zero attached hydrogens (tertiary/aromatic N) is 1. The third-order valence-corrected chi connectivity index (χ3v) is 4.37. The number of benzene rings is 1. The van der Waals surface area contributed by atoms with Crippen LogP contribution in [0, 0.1) is 4.84 Å². The summed E-state index contributed by atoms with van der Waals surface area (Å²) in [6.07, 6.45) is 4.21. The number of rotatable bonds is 4. The molecule has 0 radical (unpaired) electrons. The maximum absolute atomic E-state index is 12.7. The summed E-state index contributed by atoms with van der Waals surface area (Å²) in [5.74, 6) is 0.0466. The number of hydrogen-bond acceptors (Lipinski definition) is 4. The number of aromatic amines is 1. The van der Waals surface area contributed by atoms with Gasteiger partial charge in [0.1, 0.15) is 0 Å². The van der Waals surface area contributed by atoms with Crippen LogP contribution in [0.1, 0.15) is 43.0 Å². The molecule has 0 bridgehead atoms. The van der Waals surface area contributed by atoms with Crippen molar-refractivity contribution in [3.8, 4) is 0 Å². The lowest BCUT2D eigenvalue weighted by Crippen LogP contribution is -2.32. The largest absolute Gasteiger partial charge is 0.429 e. The molecule has 1 aliphatic rings. The first-order chi connectivity index (χ1) is 11.2. The molecule has 23 heavy (non-hydrogen) atoms. The van der Waals surface area contributed by atoms with Gasteiger partial charge in [-0.1, -0.05) is 6.92 Å². The average Bonchev–Trinajstić information content (AvgIpc) is 2.77. The Hall–Kier alpha value is -1.66. The third-order valence-electron chi connectivity index (χ3n) is 4.19. The molecule has 1 N–H and O–H groups in total. The van der Waals surface area contributed by atoms with Crippen LogP contribution in [-0.4, -0.2) is 41.6 Å². The van der Waals surface area contributed by atoms with Crippen LogP contribution >= 0.6 is 12.2 Å². The minimum atomic E-state index is 0.0466. The van der Waals surface area contributed by atoms with Gasteiger partial charge in [-0.05, 0) is 56.1 Å². The van der Waals surface area contributed by atoms with E-state index in [4.69, 9.17) is 21.4 Å². The summed E-state index contributed by atoms with van der Waals surface area (Å²) >= 11 is 4.98. The first-order valence-corrected chi connectivity index (χ1v) is 8.62. The Morgan fingerprint density at radius 3 is 3.13 bits per heavy atom. The molecule has 1 saturated heterocycles. The number of H-pyrrole nitrogens is 1. The molecule has 1 aliphatic heterocycles. The van der Waals surface area contributed by atoms with Crippen molar-refractivity contribution in [3.63, 3.8) is 0 Å². The van der Waals surface area contributed by atoms with Gasteiger partial charge in [0.05, 0.1) is 11.6 Å². The molecule has 0 aliphatic carbocycles. The van der Waals surface area contributed by atoms with E-state index in [1.54, 1.807) is 6.07 Å². The summed E-state index contributed by atoms with van der Waals surface area (Å²) < 4.78 is 11.2. The second-order valence-corrected chi connectivity index (χ2v) is 6.31. The molecule has 6 heteroatoms. The summed E-state index contributed by atoms with van der Waals surface area (Å²) in [4.78, 5) is 17.9. The highest BCUT2D eigenvalue weighted by molar-refractivity contribution is 7.71. The van der Waals surface area contributed by atoms with E-state index < -0.39 is 0 Å². The average molecular weight is 334 g/mol. The molecule has 3 rings (SSSR count).